The largest absolute Gasteiger partial charge is 0.497 e. The minimum atomic E-state index is 0.759. The van der Waals surface area contributed by atoms with Gasteiger partial charge in [-0.15, -0.1) is 11.3 Å². The lowest BCUT2D eigenvalue weighted by atomic mass is 9.85. The Morgan fingerprint density at radius 2 is 2.23 bits per heavy atom. The third-order valence-electron chi connectivity index (χ3n) is 5.49. The summed E-state index contributed by atoms with van der Waals surface area (Å²) in [4.78, 5) is 4.46. The summed E-state index contributed by atoms with van der Waals surface area (Å²) in [5.41, 5.74) is 1.62. The molecule has 0 aliphatic carbocycles. The van der Waals surface area contributed by atoms with Crippen molar-refractivity contribution < 1.29 is 4.74 Å². The molecule has 3 atom stereocenters. The first-order valence-electron chi connectivity index (χ1n) is 8.65. The Labute approximate surface area is 137 Å². The Hall–Kier alpha value is -1.06. The van der Waals surface area contributed by atoms with Gasteiger partial charge in [0.25, 0.3) is 0 Å². The molecular formula is C19H25NOS. The number of thiophene rings is 1. The second-order valence-corrected chi connectivity index (χ2v) is 7.78. The van der Waals surface area contributed by atoms with E-state index in [1.54, 1.807) is 17.6 Å². The minimum absolute atomic E-state index is 0.759. The highest BCUT2D eigenvalue weighted by Gasteiger charge is 2.36. The van der Waals surface area contributed by atoms with E-state index in [2.05, 4.69) is 30.0 Å². The van der Waals surface area contributed by atoms with E-state index in [0.717, 1.165) is 17.7 Å². The molecule has 1 aromatic carbocycles. The second kappa shape index (κ2) is 5.86. The van der Waals surface area contributed by atoms with Gasteiger partial charge in [-0.05, 0) is 61.4 Å². The van der Waals surface area contributed by atoms with Gasteiger partial charge < -0.3 is 4.74 Å². The van der Waals surface area contributed by atoms with Crippen molar-refractivity contribution in [3.05, 3.63) is 28.6 Å². The van der Waals surface area contributed by atoms with E-state index in [9.17, 15) is 0 Å². The highest BCUT2D eigenvalue weighted by Crippen LogP contribution is 2.46. The van der Waals surface area contributed by atoms with Gasteiger partial charge in [0, 0.05) is 28.1 Å². The van der Waals surface area contributed by atoms with Crippen LogP contribution in [-0.4, -0.2) is 31.1 Å². The number of fused-ring (bicyclic) bond motifs is 6. The Balaban J connectivity index is 1.84. The van der Waals surface area contributed by atoms with Crippen LogP contribution < -0.4 is 4.74 Å². The maximum absolute atomic E-state index is 5.45. The van der Waals surface area contributed by atoms with E-state index in [1.807, 2.05) is 11.3 Å². The van der Waals surface area contributed by atoms with Gasteiger partial charge in [-0.3, -0.25) is 4.90 Å². The van der Waals surface area contributed by atoms with E-state index in [0.29, 0.717) is 0 Å². The van der Waals surface area contributed by atoms with Crippen molar-refractivity contribution in [2.45, 2.75) is 51.0 Å². The lowest BCUT2D eigenvalue weighted by Crippen LogP contribution is -2.43. The molecule has 0 radical (unpaired) electrons. The monoisotopic (exact) mass is 315 g/mol. The molecule has 2 aliphatic heterocycles. The molecule has 4 rings (SSSR count). The molecule has 118 valence electrons. The number of benzene rings is 1. The third-order valence-corrected chi connectivity index (χ3v) is 6.84. The number of hydrogen-bond acceptors (Lipinski definition) is 3. The summed E-state index contributed by atoms with van der Waals surface area (Å²) in [6.07, 6.45) is 6.59. The van der Waals surface area contributed by atoms with Crippen molar-refractivity contribution in [1.82, 2.24) is 4.90 Å². The van der Waals surface area contributed by atoms with Gasteiger partial charge in [-0.25, -0.2) is 0 Å². The number of hydrogen-bond donors (Lipinski definition) is 0. The molecule has 2 nitrogen and oxygen atoms in total. The van der Waals surface area contributed by atoms with Crippen LogP contribution in [0.15, 0.2) is 18.2 Å². The van der Waals surface area contributed by atoms with E-state index >= 15 is 0 Å². The number of piperidine rings is 1. The lowest BCUT2D eigenvalue weighted by Gasteiger charge is -2.39. The maximum atomic E-state index is 5.45. The standard InChI is InChI=1S/C19H25NOS/c1-3-5-17-15-6-4-10-20(17)11-9-14-16-12-13(21-2)7-8-18(16)22-19(14)15/h7-8,12,15,17H,3-6,9-11H2,1-2H3/t15-,17?/m1/s1. The lowest BCUT2D eigenvalue weighted by molar-refractivity contribution is 0.127. The molecule has 1 aromatic heterocycles. The summed E-state index contributed by atoms with van der Waals surface area (Å²) in [5.74, 6) is 1.75. The number of rotatable bonds is 3. The van der Waals surface area contributed by atoms with Crippen LogP contribution in [0, 0.1) is 0 Å². The molecule has 22 heavy (non-hydrogen) atoms. The zero-order chi connectivity index (χ0) is 15.1. The first kappa shape index (κ1) is 14.5. The summed E-state index contributed by atoms with van der Waals surface area (Å²) in [7, 11) is 1.77. The van der Waals surface area contributed by atoms with Crippen LogP contribution in [0.2, 0.25) is 0 Å². The molecule has 2 aliphatic rings. The molecule has 0 N–H and O–H groups in total. The van der Waals surface area contributed by atoms with Crippen molar-refractivity contribution in [1.29, 1.82) is 0 Å². The molecular weight excluding hydrogens is 290 g/mol. The van der Waals surface area contributed by atoms with Gasteiger partial charge in [-0.2, -0.15) is 0 Å². The van der Waals surface area contributed by atoms with Crippen molar-refractivity contribution >= 4 is 21.4 Å². The smallest absolute Gasteiger partial charge is 0.119 e. The van der Waals surface area contributed by atoms with E-state index < -0.39 is 0 Å². The molecule has 1 fully saturated rings. The fourth-order valence-corrected chi connectivity index (χ4v) is 5.90. The summed E-state index contributed by atoms with van der Waals surface area (Å²) in [5, 5.41) is 1.45. The Kier molecular flexibility index (Phi) is 3.87. The average molecular weight is 315 g/mol. The molecule has 3 heteroatoms. The van der Waals surface area contributed by atoms with Crippen LogP contribution in [-0.2, 0) is 6.42 Å². The predicted molar refractivity (Wildman–Crippen MR) is 94.3 cm³/mol. The fourth-order valence-electron chi connectivity index (χ4n) is 4.48. The van der Waals surface area contributed by atoms with Gasteiger partial charge in [0.1, 0.15) is 5.75 Å². The molecule has 0 saturated carbocycles. The third kappa shape index (κ3) is 2.26. The topological polar surface area (TPSA) is 12.5 Å². The van der Waals surface area contributed by atoms with Gasteiger partial charge in [0.2, 0.25) is 0 Å². The second-order valence-electron chi connectivity index (χ2n) is 6.70. The van der Waals surface area contributed by atoms with Crippen LogP contribution in [0.4, 0.5) is 0 Å². The molecule has 3 heterocycles. The Morgan fingerprint density at radius 1 is 1.32 bits per heavy atom. The zero-order valence-corrected chi connectivity index (χ0v) is 14.4. The normalized spacial score (nSPS) is 27.5. The van der Waals surface area contributed by atoms with Crippen LogP contribution in [0.25, 0.3) is 10.1 Å². The molecule has 0 spiro atoms. The van der Waals surface area contributed by atoms with Gasteiger partial charge in [-0.1, -0.05) is 13.3 Å². The van der Waals surface area contributed by atoms with E-state index in [1.165, 1.54) is 55.3 Å². The fraction of sp³-hybridized carbons (Fsp3) is 0.579. The maximum Gasteiger partial charge on any atom is 0.119 e. The predicted octanol–water partition coefficient (Wildman–Crippen LogP) is 4.81. The number of ether oxygens (including phenoxy) is 1. The SMILES string of the molecule is CCCC1[C@H]2CCCN1CCc1c2sc2ccc(OC)cc12. The summed E-state index contributed by atoms with van der Waals surface area (Å²) >= 11 is 2.05. The number of nitrogens with zero attached hydrogens (tertiary/aromatic N) is 1. The van der Waals surface area contributed by atoms with Gasteiger partial charge in [0.05, 0.1) is 7.11 Å². The van der Waals surface area contributed by atoms with Crippen LogP contribution in [0.1, 0.15) is 49.0 Å². The molecule has 0 amide bonds. The van der Waals surface area contributed by atoms with E-state index in [-0.39, 0.29) is 0 Å². The molecule has 1 saturated heterocycles. The van der Waals surface area contributed by atoms with Crippen molar-refractivity contribution in [3.63, 3.8) is 0 Å². The van der Waals surface area contributed by atoms with Crippen LogP contribution in [0.5, 0.6) is 5.75 Å². The average Bonchev–Trinajstić information content (AvgIpc) is 2.88. The van der Waals surface area contributed by atoms with Crippen molar-refractivity contribution in [3.8, 4) is 5.75 Å². The summed E-state index contributed by atoms with van der Waals surface area (Å²) in [6, 6.07) is 7.39. The van der Waals surface area contributed by atoms with Crippen molar-refractivity contribution in [2.24, 2.45) is 0 Å². The summed E-state index contributed by atoms with van der Waals surface area (Å²) < 4.78 is 6.90. The Morgan fingerprint density at radius 3 is 3.05 bits per heavy atom. The highest BCUT2D eigenvalue weighted by atomic mass is 32.1. The first-order chi connectivity index (χ1) is 10.8. The Bertz CT molecular complexity index is 677. The molecule has 2 bridgehead atoms. The van der Waals surface area contributed by atoms with Gasteiger partial charge >= 0.3 is 0 Å². The quantitative estimate of drug-likeness (QED) is 0.805. The first-order valence-corrected chi connectivity index (χ1v) is 9.46. The van der Waals surface area contributed by atoms with E-state index in [4.69, 9.17) is 4.74 Å². The molecule has 2 unspecified atom stereocenters. The minimum Gasteiger partial charge on any atom is -0.497 e. The van der Waals surface area contributed by atoms with Crippen LogP contribution >= 0.6 is 11.3 Å². The zero-order valence-electron chi connectivity index (χ0n) is 13.6. The van der Waals surface area contributed by atoms with Crippen molar-refractivity contribution in [2.75, 3.05) is 20.2 Å². The number of methoxy groups -OCH3 is 1. The molecule has 2 aromatic rings. The highest BCUT2D eigenvalue weighted by molar-refractivity contribution is 7.19. The summed E-state index contributed by atoms with van der Waals surface area (Å²) in [6.45, 7) is 4.87. The van der Waals surface area contributed by atoms with Crippen LogP contribution in [0.3, 0.4) is 0 Å². The van der Waals surface area contributed by atoms with Gasteiger partial charge in [0.15, 0.2) is 0 Å².